The van der Waals surface area contributed by atoms with Gasteiger partial charge in [0.15, 0.2) is 0 Å². The number of rotatable bonds is 8. The van der Waals surface area contributed by atoms with E-state index in [0.29, 0.717) is 29.5 Å². The number of aromatic hydroxyl groups is 1. The first-order chi connectivity index (χ1) is 18.6. The fourth-order valence-corrected chi connectivity index (χ4v) is 5.73. The van der Waals surface area contributed by atoms with Crippen molar-refractivity contribution < 1.29 is 33.7 Å². The highest BCUT2D eigenvalue weighted by Gasteiger charge is 2.49. The lowest BCUT2D eigenvalue weighted by atomic mass is 9.78. The first-order valence-electron chi connectivity index (χ1n) is 12.4. The number of halogens is 1. The molecule has 7 nitrogen and oxygen atoms in total. The fraction of sp³-hybridized carbons (Fsp3) is 0.167. The number of aliphatic hydroxyl groups is 1. The van der Waals surface area contributed by atoms with Crippen molar-refractivity contribution >= 4 is 24.5 Å². The Hall–Kier alpha value is -3.81. The Labute approximate surface area is 225 Å². The number of hydrogen-bond donors (Lipinski definition) is 4. The van der Waals surface area contributed by atoms with Crippen molar-refractivity contribution in [2.24, 2.45) is 5.92 Å². The lowest BCUT2D eigenvalue weighted by Gasteiger charge is -2.48. The summed E-state index contributed by atoms with van der Waals surface area (Å²) in [6, 6.07) is 25.1. The number of carbonyl (C=O) groups is 1. The summed E-state index contributed by atoms with van der Waals surface area (Å²) in [5, 5.41) is 21.4. The Kier molecular flexibility index (Phi) is 7.38. The number of hydrogen-bond acceptors (Lipinski definition) is 4. The normalized spacial score (nSPS) is 18.1. The SMILES string of the molecule is O=C1[C@H](CC[C@H](O)c2ccccc2)[C@@H](c2ccc(-c3cccc(P(=O)(O)O)c3)c(O)c2)N1c1ccccc1F. The van der Waals surface area contributed by atoms with E-state index in [2.05, 4.69) is 0 Å². The van der Waals surface area contributed by atoms with Crippen molar-refractivity contribution in [3.8, 4) is 16.9 Å². The third-order valence-electron chi connectivity index (χ3n) is 7.12. The van der Waals surface area contributed by atoms with Gasteiger partial charge in [-0.3, -0.25) is 9.36 Å². The summed E-state index contributed by atoms with van der Waals surface area (Å²) in [5.74, 6) is -1.52. The number of aliphatic hydroxyl groups excluding tert-OH is 1. The van der Waals surface area contributed by atoms with Gasteiger partial charge in [0.1, 0.15) is 11.6 Å². The van der Waals surface area contributed by atoms with Gasteiger partial charge in [-0.25, -0.2) is 4.39 Å². The van der Waals surface area contributed by atoms with E-state index in [1.54, 1.807) is 24.3 Å². The highest BCUT2D eigenvalue weighted by molar-refractivity contribution is 7.60. The first-order valence-corrected chi connectivity index (χ1v) is 14.1. The van der Waals surface area contributed by atoms with Crippen molar-refractivity contribution in [1.29, 1.82) is 0 Å². The number of β-lactam (4-membered cyclic amide) rings is 1. The van der Waals surface area contributed by atoms with Crippen molar-refractivity contribution in [3.63, 3.8) is 0 Å². The molecule has 5 rings (SSSR count). The van der Waals surface area contributed by atoms with E-state index >= 15 is 0 Å². The van der Waals surface area contributed by atoms with Crippen LogP contribution in [0.4, 0.5) is 10.1 Å². The Morgan fingerprint density at radius 3 is 2.31 bits per heavy atom. The maximum Gasteiger partial charge on any atom is 0.356 e. The topological polar surface area (TPSA) is 118 Å². The van der Waals surface area contributed by atoms with Crippen molar-refractivity contribution in [2.45, 2.75) is 25.0 Å². The molecule has 1 fully saturated rings. The molecular formula is C30H27FNO6P. The van der Waals surface area contributed by atoms with Gasteiger partial charge in [-0.2, -0.15) is 0 Å². The van der Waals surface area contributed by atoms with Crippen LogP contribution in [0.2, 0.25) is 0 Å². The lowest BCUT2D eigenvalue weighted by Crippen LogP contribution is -2.55. The zero-order valence-electron chi connectivity index (χ0n) is 20.8. The summed E-state index contributed by atoms with van der Waals surface area (Å²) >= 11 is 0. The molecule has 1 heterocycles. The quantitative estimate of drug-likeness (QED) is 0.178. The molecule has 3 atom stereocenters. The van der Waals surface area contributed by atoms with Crippen molar-refractivity contribution in [3.05, 3.63) is 114 Å². The van der Waals surface area contributed by atoms with Crippen molar-refractivity contribution in [1.82, 2.24) is 0 Å². The van der Waals surface area contributed by atoms with Crippen LogP contribution in [0.3, 0.4) is 0 Å². The van der Waals surface area contributed by atoms with E-state index in [1.807, 2.05) is 30.3 Å². The molecule has 0 spiro atoms. The van der Waals surface area contributed by atoms with Crippen LogP contribution in [0.25, 0.3) is 11.1 Å². The lowest BCUT2D eigenvalue weighted by molar-refractivity contribution is -0.131. The molecule has 4 aromatic rings. The minimum Gasteiger partial charge on any atom is -0.507 e. The maximum absolute atomic E-state index is 14.7. The predicted octanol–water partition coefficient (Wildman–Crippen LogP) is 5.22. The third-order valence-corrected chi connectivity index (χ3v) is 8.07. The van der Waals surface area contributed by atoms with E-state index in [9.17, 15) is 33.7 Å². The molecule has 1 aliphatic rings. The van der Waals surface area contributed by atoms with Gasteiger partial charge in [0, 0.05) is 5.56 Å². The number of carbonyl (C=O) groups excluding carboxylic acids is 1. The molecule has 1 saturated heterocycles. The standard InChI is InChI=1S/C30H27FNO6P/c31-25-11-4-5-12-26(25)32-29(24(30(32)35)15-16-27(33)19-7-2-1-3-8-19)21-13-14-23(28(34)18-21)20-9-6-10-22(17-20)39(36,37)38/h1-14,17-18,24,27,29,33-34H,15-16H2,(H2,36,37,38)/t24-,27+,29-/m1/s1. The van der Waals surface area contributed by atoms with Gasteiger partial charge in [0.05, 0.1) is 29.1 Å². The van der Waals surface area contributed by atoms with Gasteiger partial charge in [-0.05, 0) is 59.9 Å². The number of nitrogens with zero attached hydrogens (tertiary/aromatic N) is 1. The van der Waals surface area contributed by atoms with Crippen LogP contribution in [0.5, 0.6) is 5.75 Å². The van der Waals surface area contributed by atoms with Crippen LogP contribution in [-0.2, 0) is 9.36 Å². The molecular weight excluding hydrogens is 520 g/mol. The maximum atomic E-state index is 14.7. The fourth-order valence-electron chi connectivity index (χ4n) is 5.14. The summed E-state index contributed by atoms with van der Waals surface area (Å²) < 4.78 is 26.4. The number of para-hydroxylation sites is 1. The van der Waals surface area contributed by atoms with E-state index in [4.69, 9.17) is 0 Å². The number of phenols is 1. The van der Waals surface area contributed by atoms with E-state index in [-0.39, 0.29) is 22.6 Å². The molecule has 200 valence electrons. The minimum absolute atomic E-state index is 0.130. The molecule has 39 heavy (non-hydrogen) atoms. The molecule has 0 aromatic heterocycles. The van der Waals surface area contributed by atoms with E-state index in [1.165, 1.54) is 47.4 Å². The average molecular weight is 548 g/mol. The molecule has 9 heteroatoms. The Balaban J connectivity index is 1.47. The van der Waals surface area contributed by atoms with Crippen LogP contribution >= 0.6 is 7.60 Å². The second kappa shape index (κ2) is 10.8. The summed E-state index contributed by atoms with van der Waals surface area (Å²) in [6.45, 7) is 0. The molecule has 4 N–H and O–H groups in total. The molecule has 4 aromatic carbocycles. The summed E-state index contributed by atoms with van der Waals surface area (Å²) in [6.07, 6.45) is -0.0993. The van der Waals surface area contributed by atoms with Crippen LogP contribution < -0.4 is 10.2 Å². The second-order valence-corrected chi connectivity index (χ2v) is 11.2. The molecule has 1 amide bonds. The molecule has 0 bridgehead atoms. The van der Waals surface area contributed by atoms with Crippen LogP contribution in [0.15, 0.2) is 97.1 Å². The van der Waals surface area contributed by atoms with Gasteiger partial charge >= 0.3 is 7.60 Å². The molecule has 0 aliphatic carbocycles. The molecule has 0 unspecified atom stereocenters. The minimum atomic E-state index is -4.48. The average Bonchev–Trinajstić information content (AvgIpc) is 2.92. The second-order valence-electron chi connectivity index (χ2n) is 9.59. The molecule has 0 radical (unpaired) electrons. The zero-order valence-corrected chi connectivity index (χ0v) is 21.7. The number of phenolic OH excluding ortho intramolecular Hbond substituents is 1. The monoisotopic (exact) mass is 547 g/mol. The first kappa shape index (κ1) is 26.8. The van der Waals surface area contributed by atoms with Gasteiger partial charge in [0.25, 0.3) is 0 Å². The number of anilines is 1. The van der Waals surface area contributed by atoms with Crippen molar-refractivity contribution in [2.75, 3.05) is 4.90 Å². The molecule has 1 aliphatic heterocycles. The summed E-state index contributed by atoms with van der Waals surface area (Å²) in [7, 11) is -4.48. The Morgan fingerprint density at radius 2 is 1.62 bits per heavy atom. The van der Waals surface area contributed by atoms with Gasteiger partial charge in [-0.1, -0.05) is 66.7 Å². The van der Waals surface area contributed by atoms with Crippen LogP contribution in [-0.4, -0.2) is 25.9 Å². The third kappa shape index (κ3) is 5.37. The van der Waals surface area contributed by atoms with Crippen LogP contribution in [0, 0.1) is 11.7 Å². The largest absolute Gasteiger partial charge is 0.507 e. The molecule has 0 saturated carbocycles. The van der Waals surface area contributed by atoms with E-state index in [0.717, 1.165) is 5.56 Å². The van der Waals surface area contributed by atoms with Crippen LogP contribution in [0.1, 0.15) is 36.1 Å². The number of amides is 1. The zero-order chi connectivity index (χ0) is 27.7. The van der Waals surface area contributed by atoms with Gasteiger partial charge < -0.3 is 24.9 Å². The number of benzene rings is 4. The highest BCUT2D eigenvalue weighted by atomic mass is 31.2. The summed E-state index contributed by atoms with van der Waals surface area (Å²) in [4.78, 5) is 33.7. The van der Waals surface area contributed by atoms with E-state index < -0.39 is 31.5 Å². The Morgan fingerprint density at radius 1 is 0.897 bits per heavy atom. The smallest absolute Gasteiger partial charge is 0.356 e. The van der Waals surface area contributed by atoms with Gasteiger partial charge in [0.2, 0.25) is 5.91 Å². The Bertz CT molecular complexity index is 1560. The van der Waals surface area contributed by atoms with Gasteiger partial charge in [-0.15, -0.1) is 0 Å². The predicted molar refractivity (Wildman–Crippen MR) is 146 cm³/mol. The summed E-state index contributed by atoms with van der Waals surface area (Å²) in [5.41, 5.74) is 2.22. The highest BCUT2D eigenvalue weighted by Crippen LogP contribution is 2.48.